The molecule has 1 aromatic carbocycles. The van der Waals surface area contributed by atoms with Crippen LogP contribution >= 0.6 is 0 Å². The van der Waals surface area contributed by atoms with Crippen LogP contribution in [-0.4, -0.2) is 14.4 Å². The van der Waals surface area contributed by atoms with Gasteiger partial charge in [0.2, 0.25) is 0 Å². The van der Waals surface area contributed by atoms with Gasteiger partial charge in [-0.3, -0.25) is 9.38 Å². The molecule has 0 bridgehead atoms. The molecule has 4 rings (SSSR count). The van der Waals surface area contributed by atoms with E-state index in [-0.39, 0.29) is 0 Å². The van der Waals surface area contributed by atoms with Gasteiger partial charge in [-0.2, -0.15) is 0 Å². The van der Waals surface area contributed by atoms with Crippen molar-refractivity contribution in [3.63, 3.8) is 0 Å². The minimum Gasteiger partial charge on any atom is -0.299 e. The van der Waals surface area contributed by atoms with Gasteiger partial charge in [-0.15, -0.1) is 0 Å². The highest BCUT2D eigenvalue weighted by Gasteiger charge is 2.15. The van der Waals surface area contributed by atoms with Crippen LogP contribution in [0.2, 0.25) is 0 Å². The highest BCUT2D eigenvalue weighted by molar-refractivity contribution is 5.80. The van der Waals surface area contributed by atoms with E-state index in [1.165, 1.54) is 0 Å². The van der Waals surface area contributed by atoms with Gasteiger partial charge >= 0.3 is 0 Å². The van der Waals surface area contributed by atoms with Crippen molar-refractivity contribution in [2.75, 3.05) is 0 Å². The molecule has 0 fully saturated rings. The summed E-state index contributed by atoms with van der Waals surface area (Å²) in [5.41, 5.74) is 4.94. The summed E-state index contributed by atoms with van der Waals surface area (Å²) in [5, 5.41) is 0. The molecule has 0 aliphatic carbocycles. The Balaban J connectivity index is 2.07. The van der Waals surface area contributed by atoms with Gasteiger partial charge in [0.25, 0.3) is 0 Å². The number of rotatable bonds is 2. The fourth-order valence-electron chi connectivity index (χ4n) is 2.55. The predicted octanol–water partition coefficient (Wildman–Crippen LogP) is 4.06. The third-order valence-corrected chi connectivity index (χ3v) is 3.48. The maximum atomic E-state index is 4.76. The Morgan fingerprint density at radius 1 is 0.762 bits per heavy atom. The van der Waals surface area contributed by atoms with Gasteiger partial charge in [-0.25, -0.2) is 4.98 Å². The minimum atomic E-state index is 0.889. The van der Waals surface area contributed by atoms with Gasteiger partial charge < -0.3 is 0 Å². The van der Waals surface area contributed by atoms with Crippen LogP contribution in [0, 0.1) is 0 Å². The molecule has 0 aliphatic heterocycles. The molecule has 0 N–H and O–H groups in total. The van der Waals surface area contributed by atoms with E-state index >= 15 is 0 Å². The molecule has 0 saturated heterocycles. The van der Waals surface area contributed by atoms with Crippen molar-refractivity contribution in [2.45, 2.75) is 0 Å². The van der Waals surface area contributed by atoms with Crippen LogP contribution < -0.4 is 0 Å². The standard InChI is InChI=1S/C18H13N3/c1-2-8-14(9-3-1)18-17(15-10-4-6-12-19-15)20-16-11-5-7-13-21(16)18/h1-13H. The molecule has 4 aromatic rings. The lowest BCUT2D eigenvalue weighted by Crippen LogP contribution is -1.89. The van der Waals surface area contributed by atoms with Crippen molar-refractivity contribution < 1.29 is 0 Å². The van der Waals surface area contributed by atoms with Crippen LogP contribution in [0.5, 0.6) is 0 Å². The molecule has 0 atom stereocenters. The van der Waals surface area contributed by atoms with Crippen LogP contribution in [0.1, 0.15) is 0 Å². The van der Waals surface area contributed by atoms with Crippen molar-refractivity contribution in [1.82, 2.24) is 14.4 Å². The van der Waals surface area contributed by atoms with Gasteiger partial charge in [0, 0.05) is 18.0 Å². The summed E-state index contributed by atoms with van der Waals surface area (Å²) in [6.07, 6.45) is 3.84. The zero-order chi connectivity index (χ0) is 14.1. The number of fused-ring (bicyclic) bond motifs is 1. The molecule has 3 aromatic heterocycles. The Morgan fingerprint density at radius 2 is 1.57 bits per heavy atom. The second-order valence-corrected chi connectivity index (χ2v) is 4.82. The smallest absolute Gasteiger partial charge is 0.138 e. The van der Waals surface area contributed by atoms with Crippen molar-refractivity contribution in [1.29, 1.82) is 0 Å². The maximum Gasteiger partial charge on any atom is 0.138 e. The SMILES string of the molecule is c1ccc(-c2c(-c3ccccn3)nc3ccccn23)cc1. The summed E-state index contributed by atoms with van der Waals surface area (Å²) in [6, 6.07) is 22.2. The van der Waals surface area contributed by atoms with E-state index in [1.807, 2.05) is 60.8 Å². The van der Waals surface area contributed by atoms with Crippen molar-refractivity contribution in [2.24, 2.45) is 0 Å². The Bertz CT molecular complexity index is 880. The number of hydrogen-bond acceptors (Lipinski definition) is 2. The zero-order valence-electron chi connectivity index (χ0n) is 11.3. The quantitative estimate of drug-likeness (QED) is 0.550. The number of nitrogens with zero attached hydrogens (tertiary/aromatic N) is 3. The van der Waals surface area contributed by atoms with Gasteiger partial charge in [-0.05, 0) is 24.3 Å². The Labute approximate surface area is 122 Å². The predicted molar refractivity (Wildman–Crippen MR) is 83.9 cm³/mol. The lowest BCUT2D eigenvalue weighted by Gasteiger charge is -2.04. The highest BCUT2D eigenvalue weighted by Crippen LogP contribution is 2.31. The third-order valence-electron chi connectivity index (χ3n) is 3.48. The van der Waals surface area contributed by atoms with Crippen LogP contribution in [0.3, 0.4) is 0 Å². The van der Waals surface area contributed by atoms with Crippen molar-refractivity contribution in [3.8, 4) is 22.6 Å². The summed E-state index contributed by atoms with van der Waals surface area (Å²) < 4.78 is 2.11. The first-order chi connectivity index (χ1) is 10.4. The van der Waals surface area contributed by atoms with Crippen molar-refractivity contribution in [3.05, 3.63) is 79.1 Å². The van der Waals surface area contributed by atoms with E-state index in [4.69, 9.17) is 4.98 Å². The Morgan fingerprint density at radius 3 is 2.38 bits per heavy atom. The molecule has 3 nitrogen and oxygen atoms in total. The van der Waals surface area contributed by atoms with Gasteiger partial charge in [0.1, 0.15) is 11.3 Å². The highest BCUT2D eigenvalue weighted by atomic mass is 15.0. The summed E-state index contributed by atoms with van der Waals surface area (Å²) in [6.45, 7) is 0. The third kappa shape index (κ3) is 1.99. The minimum absolute atomic E-state index is 0.889. The maximum absolute atomic E-state index is 4.76. The molecule has 0 radical (unpaired) electrons. The number of pyridine rings is 2. The average Bonchev–Trinajstić information content (AvgIpc) is 2.96. The van der Waals surface area contributed by atoms with Crippen LogP contribution in [0.15, 0.2) is 79.1 Å². The molecular formula is C18H13N3. The monoisotopic (exact) mass is 271 g/mol. The van der Waals surface area contributed by atoms with Crippen LogP contribution in [-0.2, 0) is 0 Å². The lowest BCUT2D eigenvalue weighted by atomic mass is 10.1. The molecule has 100 valence electrons. The fraction of sp³-hybridized carbons (Fsp3) is 0. The van der Waals surface area contributed by atoms with E-state index in [9.17, 15) is 0 Å². The first-order valence-corrected chi connectivity index (χ1v) is 6.87. The summed E-state index contributed by atoms with van der Waals surface area (Å²) in [5.74, 6) is 0. The second kappa shape index (κ2) is 4.87. The zero-order valence-corrected chi connectivity index (χ0v) is 11.3. The van der Waals surface area contributed by atoms with Gasteiger partial charge in [0.05, 0.1) is 11.4 Å². The van der Waals surface area contributed by atoms with E-state index in [0.29, 0.717) is 0 Å². The van der Waals surface area contributed by atoms with Crippen molar-refractivity contribution >= 4 is 5.65 Å². The van der Waals surface area contributed by atoms with E-state index < -0.39 is 0 Å². The van der Waals surface area contributed by atoms with E-state index in [1.54, 1.807) is 6.20 Å². The molecule has 21 heavy (non-hydrogen) atoms. The van der Waals surface area contributed by atoms with Gasteiger partial charge in [0.15, 0.2) is 0 Å². The number of hydrogen-bond donors (Lipinski definition) is 0. The largest absolute Gasteiger partial charge is 0.299 e. The lowest BCUT2D eigenvalue weighted by molar-refractivity contribution is 1.19. The molecule has 0 amide bonds. The molecular weight excluding hydrogens is 258 g/mol. The number of benzene rings is 1. The molecule has 3 heteroatoms. The summed E-state index contributed by atoms with van der Waals surface area (Å²) in [7, 11) is 0. The summed E-state index contributed by atoms with van der Waals surface area (Å²) >= 11 is 0. The molecule has 0 aliphatic rings. The number of imidazole rings is 1. The first-order valence-electron chi connectivity index (χ1n) is 6.87. The normalized spacial score (nSPS) is 10.9. The number of aromatic nitrogens is 3. The first kappa shape index (κ1) is 11.9. The van der Waals surface area contributed by atoms with Gasteiger partial charge in [-0.1, -0.05) is 42.5 Å². The van der Waals surface area contributed by atoms with Crippen LogP contribution in [0.25, 0.3) is 28.3 Å². The van der Waals surface area contributed by atoms with E-state index in [2.05, 4.69) is 21.5 Å². The molecule has 0 saturated carbocycles. The molecule has 0 unspecified atom stereocenters. The Hall–Kier alpha value is -2.94. The fourth-order valence-corrected chi connectivity index (χ4v) is 2.55. The van der Waals surface area contributed by atoms with Crippen LogP contribution in [0.4, 0.5) is 0 Å². The molecule has 3 heterocycles. The van der Waals surface area contributed by atoms with E-state index in [0.717, 1.165) is 28.3 Å². The second-order valence-electron chi connectivity index (χ2n) is 4.82. The Kier molecular flexibility index (Phi) is 2.75. The summed E-state index contributed by atoms with van der Waals surface area (Å²) in [4.78, 5) is 9.21. The average molecular weight is 271 g/mol. The topological polar surface area (TPSA) is 30.2 Å². The molecule has 0 spiro atoms.